The molecule has 194 valence electrons. The maximum absolute atomic E-state index is 15.1. The topological polar surface area (TPSA) is 77.2 Å². The van der Waals surface area contributed by atoms with E-state index in [4.69, 9.17) is 4.74 Å². The molecular weight excluding hydrogens is 471 g/mol. The Morgan fingerprint density at radius 2 is 1.95 bits per heavy atom. The van der Waals surface area contributed by atoms with E-state index in [0.717, 1.165) is 34.5 Å². The van der Waals surface area contributed by atoms with E-state index in [1.165, 1.54) is 12.1 Å². The van der Waals surface area contributed by atoms with Gasteiger partial charge in [-0.2, -0.15) is 10.2 Å². The van der Waals surface area contributed by atoms with E-state index in [9.17, 15) is 4.79 Å². The van der Waals surface area contributed by atoms with E-state index in [0.29, 0.717) is 13.2 Å². The van der Waals surface area contributed by atoms with Crippen molar-refractivity contribution in [3.8, 4) is 28.1 Å². The summed E-state index contributed by atoms with van der Waals surface area (Å²) in [5.41, 5.74) is 4.48. The number of aryl methyl sites for hydroxylation is 2. The molecule has 0 saturated heterocycles. The average Bonchev–Trinajstić information content (AvgIpc) is 3.54. The summed E-state index contributed by atoms with van der Waals surface area (Å²) in [5.74, 6) is -1.11. The zero-order valence-corrected chi connectivity index (χ0v) is 21.9. The Balaban J connectivity index is 1.60. The number of halogens is 1. The molecule has 2 aromatic carbocycles. The van der Waals surface area contributed by atoms with Crippen molar-refractivity contribution in [2.24, 2.45) is 7.05 Å². The summed E-state index contributed by atoms with van der Waals surface area (Å²) in [6, 6.07) is 12.3. The Labute approximate surface area is 216 Å². The molecule has 9 heteroatoms. The predicted molar refractivity (Wildman–Crippen MR) is 142 cm³/mol. The number of carbonyl (C=O) groups is 1. The standard InChI is InChI=1S/C28H33FN6O2/c1-6-35-11-10-25(32-35)22-15-20(14-21(16-22)23-17-30-34(5)18-23)19(2)31-28(36)24-8-7-9-26(27(24)29)37-13-12-33(3)4/h7-11,14-19H,6,12-13H2,1-5H3,(H,31,36)/t19-/m1/s1. The van der Waals surface area contributed by atoms with Gasteiger partial charge in [-0.25, -0.2) is 4.39 Å². The molecule has 1 amide bonds. The molecule has 37 heavy (non-hydrogen) atoms. The van der Waals surface area contributed by atoms with Crippen LogP contribution in [0.25, 0.3) is 22.4 Å². The fourth-order valence-electron chi connectivity index (χ4n) is 3.97. The van der Waals surface area contributed by atoms with Gasteiger partial charge in [-0.05, 0) is 75.5 Å². The summed E-state index contributed by atoms with van der Waals surface area (Å²) in [5, 5.41) is 11.9. The smallest absolute Gasteiger partial charge is 0.254 e. The van der Waals surface area contributed by atoms with E-state index in [1.54, 1.807) is 16.9 Å². The summed E-state index contributed by atoms with van der Waals surface area (Å²) in [4.78, 5) is 15.0. The van der Waals surface area contributed by atoms with Gasteiger partial charge in [0.15, 0.2) is 11.6 Å². The maximum atomic E-state index is 15.1. The van der Waals surface area contributed by atoms with Crippen molar-refractivity contribution in [1.29, 1.82) is 0 Å². The highest BCUT2D eigenvalue weighted by molar-refractivity contribution is 5.95. The molecule has 0 saturated carbocycles. The van der Waals surface area contributed by atoms with Gasteiger partial charge in [-0.15, -0.1) is 0 Å². The molecule has 0 fully saturated rings. The first-order valence-corrected chi connectivity index (χ1v) is 12.3. The van der Waals surface area contributed by atoms with Gasteiger partial charge >= 0.3 is 0 Å². The lowest BCUT2D eigenvalue weighted by molar-refractivity contribution is 0.0934. The fraction of sp³-hybridized carbons (Fsp3) is 0.321. The van der Waals surface area contributed by atoms with Crippen molar-refractivity contribution in [2.75, 3.05) is 27.2 Å². The van der Waals surface area contributed by atoms with Crippen LogP contribution in [0.1, 0.15) is 35.8 Å². The lowest BCUT2D eigenvalue weighted by Gasteiger charge is -2.18. The van der Waals surface area contributed by atoms with Gasteiger partial charge in [0.25, 0.3) is 5.91 Å². The molecule has 0 radical (unpaired) electrons. The van der Waals surface area contributed by atoms with Crippen LogP contribution in [-0.4, -0.2) is 57.6 Å². The number of nitrogens with zero attached hydrogens (tertiary/aromatic N) is 5. The first-order valence-electron chi connectivity index (χ1n) is 12.3. The van der Waals surface area contributed by atoms with Crippen LogP contribution < -0.4 is 10.1 Å². The summed E-state index contributed by atoms with van der Waals surface area (Å²) < 4.78 is 24.3. The first kappa shape index (κ1) is 26.1. The van der Waals surface area contributed by atoms with E-state index in [-0.39, 0.29) is 11.3 Å². The minimum atomic E-state index is -0.666. The lowest BCUT2D eigenvalue weighted by Crippen LogP contribution is -2.27. The summed E-state index contributed by atoms with van der Waals surface area (Å²) >= 11 is 0. The van der Waals surface area contributed by atoms with Gasteiger partial charge in [-0.1, -0.05) is 6.07 Å². The number of aromatic nitrogens is 4. The molecule has 0 aliphatic rings. The quantitative estimate of drug-likeness (QED) is 0.343. The first-order chi connectivity index (χ1) is 17.7. The Hall–Kier alpha value is -3.98. The molecule has 8 nitrogen and oxygen atoms in total. The van der Waals surface area contributed by atoms with Gasteiger partial charge in [0.2, 0.25) is 0 Å². The minimum Gasteiger partial charge on any atom is -0.489 e. The number of amides is 1. The Morgan fingerprint density at radius 3 is 2.62 bits per heavy atom. The molecule has 0 aliphatic carbocycles. The van der Waals surface area contributed by atoms with Gasteiger partial charge in [0.1, 0.15) is 6.61 Å². The van der Waals surface area contributed by atoms with E-state index < -0.39 is 17.8 Å². The number of ether oxygens (including phenoxy) is 1. The van der Waals surface area contributed by atoms with Crippen molar-refractivity contribution >= 4 is 5.91 Å². The largest absolute Gasteiger partial charge is 0.489 e. The number of hydrogen-bond donors (Lipinski definition) is 1. The second kappa shape index (κ2) is 11.4. The molecule has 1 atom stereocenters. The van der Waals surface area contributed by atoms with E-state index >= 15 is 4.39 Å². The molecule has 0 aliphatic heterocycles. The molecule has 2 heterocycles. The minimum absolute atomic E-state index is 0.0560. The third-order valence-electron chi connectivity index (χ3n) is 6.11. The van der Waals surface area contributed by atoms with Crippen molar-refractivity contribution in [1.82, 2.24) is 29.8 Å². The number of hydrogen-bond acceptors (Lipinski definition) is 5. The number of benzene rings is 2. The molecule has 4 aromatic rings. The van der Waals surface area contributed by atoms with Crippen molar-refractivity contribution in [2.45, 2.75) is 26.4 Å². The van der Waals surface area contributed by atoms with Gasteiger partial charge in [0.05, 0.1) is 23.5 Å². The Kier molecular flexibility index (Phi) is 8.03. The number of carbonyl (C=O) groups excluding carboxylic acids is 1. The monoisotopic (exact) mass is 504 g/mol. The van der Waals surface area contributed by atoms with Crippen LogP contribution in [0, 0.1) is 5.82 Å². The number of nitrogens with one attached hydrogen (secondary N) is 1. The highest BCUT2D eigenvalue weighted by Crippen LogP contribution is 2.30. The maximum Gasteiger partial charge on any atom is 0.254 e. The van der Waals surface area contributed by atoms with Crippen LogP contribution in [0.2, 0.25) is 0 Å². The van der Waals surface area contributed by atoms with Crippen molar-refractivity contribution in [3.63, 3.8) is 0 Å². The third-order valence-corrected chi connectivity index (χ3v) is 6.11. The average molecular weight is 505 g/mol. The SMILES string of the molecule is CCn1ccc(-c2cc(-c3cnn(C)c3)cc([C@@H](C)NC(=O)c3cccc(OCCN(C)C)c3F)c2)n1. The van der Waals surface area contributed by atoms with E-state index in [1.807, 2.05) is 75.2 Å². The predicted octanol–water partition coefficient (Wildman–Crippen LogP) is 4.54. The van der Waals surface area contributed by atoms with Crippen LogP contribution in [0.3, 0.4) is 0 Å². The van der Waals surface area contributed by atoms with Crippen molar-refractivity contribution < 1.29 is 13.9 Å². The highest BCUT2D eigenvalue weighted by Gasteiger charge is 2.20. The Morgan fingerprint density at radius 1 is 1.16 bits per heavy atom. The fourth-order valence-corrected chi connectivity index (χ4v) is 3.97. The van der Waals surface area contributed by atoms with Crippen LogP contribution in [0.5, 0.6) is 5.75 Å². The summed E-state index contributed by atoms with van der Waals surface area (Å²) in [6.07, 6.45) is 5.68. The number of likely N-dealkylation sites (N-methyl/N-ethyl adjacent to an activating group) is 1. The van der Waals surface area contributed by atoms with Gasteiger partial charge < -0.3 is 15.0 Å². The second-order valence-electron chi connectivity index (χ2n) is 9.27. The van der Waals surface area contributed by atoms with Crippen LogP contribution >= 0.6 is 0 Å². The summed E-state index contributed by atoms with van der Waals surface area (Å²) in [7, 11) is 5.69. The zero-order chi connectivity index (χ0) is 26.5. The molecular formula is C28H33FN6O2. The van der Waals surface area contributed by atoms with Crippen LogP contribution in [-0.2, 0) is 13.6 Å². The highest BCUT2D eigenvalue weighted by atomic mass is 19.1. The number of rotatable bonds is 10. The van der Waals surface area contributed by atoms with Crippen molar-refractivity contribution in [3.05, 3.63) is 78.0 Å². The van der Waals surface area contributed by atoms with Gasteiger partial charge in [-0.3, -0.25) is 14.2 Å². The van der Waals surface area contributed by atoms with Gasteiger partial charge in [0, 0.05) is 43.7 Å². The molecule has 0 bridgehead atoms. The molecule has 0 unspecified atom stereocenters. The molecule has 0 spiro atoms. The molecule has 1 N–H and O–H groups in total. The second-order valence-corrected chi connectivity index (χ2v) is 9.27. The zero-order valence-electron chi connectivity index (χ0n) is 21.9. The van der Waals surface area contributed by atoms with E-state index in [2.05, 4.69) is 21.6 Å². The van der Waals surface area contributed by atoms with Crippen LogP contribution in [0.15, 0.2) is 61.1 Å². The van der Waals surface area contributed by atoms with Crippen LogP contribution in [0.4, 0.5) is 4.39 Å². The lowest BCUT2D eigenvalue weighted by atomic mass is 9.97. The normalized spacial score (nSPS) is 12.1. The molecule has 2 aromatic heterocycles. The molecule has 4 rings (SSSR count). The summed E-state index contributed by atoms with van der Waals surface area (Å²) in [6.45, 7) is 5.64. The third kappa shape index (κ3) is 6.24. The Bertz CT molecular complexity index is 1380.